The molecule has 2 heterocycles. The summed E-state index contributed by atoms with van der Waals surface area (Å²) in [5.74, 6) is 3.39. The van der Waals surface area contributed by atoms with Crippen LogP contribution in [0.1, 0.15) is 108 Å². The van der Waals surface area contributed by atoms with Crippen molar-refractivity contribution in [3.05, 3.63) is 21.8 Å². The lowest BCUT2D eigenvalue weighted by Crippen LogP contribution is -2.21. The van der Waals surface area contributed by atoms with Crippen molar-refractivity contribution in [3.8, 4) is 0 Å². The highest BCUT2D eigenvalue weighted by molar-refractivity contribution is 7.68. The van der Waals surface area contributed by atoms with Crippen molar-refractivity contribution in [2.75, 3.05) is 0 Å². The molecule has 0 spiro atoms. The van der Waals surface area contributed by atoms with Crippen molar-refractivity contribution >= 4 is 15.8 Å². The maximum absolute atomic E-state index is 2.52. The zero-order valence-electron chi connectivity index (χ0n) is 21.8. The van der Waals surface area contributed by atoms with E-state index in [1.54, 1.807) is 11.1 Å². The smallest absolute Gasteiger partial charge is 0.00593 e. The zero-order valence-corrected chi connectivity index (χ0v) is 23.5. The summed E-state index contributed by atoms with van der Waals surface area (Å²) in [6.07, 6.45) is 8.61. The van der Waals surface area contributed by atoms with E-state index in [-0.39, 0.29) is 15.8 Å². The zero-order chi connectivity index (χ0) is 22.3. The van der Waals surface area contributed by atoms with Gasteiger partial charge in [-0.3, -0.25) is 0 Å². The maximum atomic E-state index is 2.52. The second-order valence-electron chi connectivity index (χ2n) is 12.0. The van der Waals surface area contributed by atoms with E-state index >= 15 is 0 Å². The Labute approximate surface area is 191 Å². The van der Waals surface area contributed by atoms with E-state index in [4.69, 9.17) is 0 Å². The van der Waals surface area contributed by atoms with Gasteiger partial charge in [0.2, 0.25) is 0 Å². The lowest BCUT2D eigenvalue weighted by molar-refractivity contribution is 0.543. The summed E-state index contributed by atoms with van der Waals surface area (Å²) in [6.45, 7) is 25.1. The molecule has 0 N–H and O–H groups in total. The van der Waals surface area contributed by atoms with Crippen LogP contribution in [0.25, 0.3) is 0 Å². The summed E-state index contributed by atoms with van der Waals surface area (Å²) < 4.78 is 0. The van der Waals surface area contributed by atoms with Crippen molar-refractivity contribution in [3.63, 3.8) is 0 Å². The third-order valence-electron chi connectivity index (χ3n) is 8.57. The molecule has 0 aromatic heterocycles. The van der Waals surface area contributed by atoms with Crippen LogP contribution in [0.3, 0.4) is 0 Å². The van der Waals surface area contributed by atoms with E-state index in [0.717, 1.165) is 46.3 Å². The summed E-state index contributed by atoms with van der Waals surface area (Å²) in [5, 5.41) is 4.07. The molecular weight excluding hydrogens is 398 g/mol. The summed E-state index contributed by atoms with van der Waals surface area (Å²) in [7, 11) is 0.0297. The van der Waals surface area contributed by atoms with Gasteiger partial charge < -0.3 is 0 Å². The molecular formula is C28H50P2. The second kappa shape index (κ2) is 10.1. The van der Waals surface area contributed by atoms with Gasteiger partial charge in [-0.1, -0.05) is 82.4 Å². The van der Waals surface area contributed by atoms with Crippen LogP contribution in [0.15, 0.2) is 21.8 Å². The van der Waals surface area contributed by atoms with Crippen LogP contribution in [-0.4, -0.2) is 22.6 Å². The van der Waals surface area contributed by atoms with Crippen LogP contribution in [0.5, 0.6) is 0 Å². The van der Waals surface area contributed by atoms with Crippen LogP contribution in [0.4, 0.5) is 0 Å². The minimum atomic E-state index is 0.0149. The Morgan fingerprint density at radius 3 is 0.933 bits per heavy atom. The van der Waals surface area contributed by atoms with Crippen LogP contribution < -0.4 is 0 Å². The van der Waals surface area contributed by atoms with E-state index < -0.39 is 0 Å². The molecule has 0 aromatic carbocycles. The molecule has 2 heteroatoms. The van der Waals surface area contributed by atoms with Gasteiger partial charge in [-0.2, -0.15) is 0 Å². The first-order valence-electron chi connectivity index (χ1n) is 13.0. The lowest BCUT2D eigenvalue weighted by atomic mass is 9.99. The normalized spacial score (nSPS) is 32.2. The predicted octanol–water partition coefficient (Wildman–Crippen LogP) is 9.98. The summed E-state index contributed by atoms with van der Waals surface area (Å²) in [6, 6.07) is 0. The monoisotopic (exact) mass is 448 g/mol. The average molecular weight is 449 g/mol. The van der Waals surface area contributed by atoms with Gasteiger partial charge in [0.1, 0.15) is 0 Å². The first-order chi connectivity index (χ1) is 14.0. The van der Waals surface area contributed by atoms with Gasteiger partial charge in [0.15, 0.2) is 0 Å². The van der Waals surface area contributed by atoms with Crippen molar-refractivity contribution in [2.24, 2.45) is 23.7 Å². The fourth-order valence-corrected chi connectivity index (χ4v) is 15.8. The highest BCUT2D eigenvalue weighted by atomic mass is 31.1. The molecule has 0 amide bonds. The SMILES string of the molecule is CC1=C(C)CC(P2[C@@H](C(C)C)CC[C@@H]2C(C)C)=C(P2[C@@H](C(C)C)CC[C@@H]2C(C)C)C1. The molecule has 30 heavy (non-hydrogen) atoms. The first kappa shape index (κ1) is 25.0. The van der Waals surface area contributed by atoms with Crippen molar-refractivity contribution < 1.29 is 0 Å². The van der Waals surface area contributed by atoms with Gasteiger partial charge in [-0.15, -0.1) is 0 Å². The third kappa shape index (κ3) is 4.81. The van der Waals surface area contributed by atoms with Gasteiger partial charge >= 0.3 is 0 Å². The van der Waals surface area contributed by atoms with Crippen LogP contribution in [0, 0.1) is 23.7 Å². The first-order valence-corrected chi connectivity index (χ1v) is 15.9. The second-order valence-corrected chi connectivity index (χ2v) is 17.4. The number of hydrogen-bond acceptors (Lipinski definition) is 0. The van der Waals surface area contributed by atoms with Gasteiger partial charge in [-0.25, -0.2) is 0 Å². The van der Waals surface area contributed by atoms with Crippen LogP contribution >= 0.6 is 15.8 Å². The fourth-order valence-electron chi connectivity index (χ4n) is 6.64. The summed E-state index contributed by atoms with van der Waals surface area (Å²) >= 11 is 0. The quantitative estimate of drug-likeness (QED) is 0.280. The largest absolute Gasteiger partial charge is 0.0722 e. The van der Waals surface area contributed by atoms with E-state index in [1.807, 2.05) is 10.6 Å². The Bertz CT molecular complexity index is 578. The van der Waals surface area contributed by atoms with Gasteiger partial charge in [0, 0.05) is 0 Å². The van der Waals surface area contributed by atoms with Gasteiger partial charge in [0.05, 0.1) is 0 Å². The van der Waals surface area contributed by atoms with Gasteiger partial charge in [0.25, 0.3) is 0 Å². The number of allylic oxidation sites excluding steroid dienone is 4. The molecule has 0 saturated carbocycles. The standard InChI is InChI=1S/C28H50P2/c1-17(2)23-11-12-24(18(3)4)29(23)27-15-21(9)22(10)16-28(27)30-25(19(5)6)13-14-26(30)20(7)8/h17-20,23-26H,11-16H2,1-10H3/t23-,24-,25-,26-/m1/s1. The highest BCUT2D eigenvalue weighted by Gasteiger charge is 2.46. The molecule has 0 radical (unpaired) electrons. The van der Waals surface area contributed by atoms with Gasteiger partial charge in [-0.05, 0) is 109 Å². The molecule has 0 nitrogen and oxygen atoms in total. The van der Waals surface area contributed by atoms with E-state index in [2.05, 4.69) is 69.2 Å². The molecule has 1 aliphatic carbocycles. The summed E-state index contributed by atoms with van der Waals surface area (Å²) in [5.41, 5.74) is 7.30. The molecule has 3 rings (SSSR count). The minimum Gasteiger partial charge on any atom is -0.0722 e. The predicted molar refractivity (Wildman–Crippen MR) is 141 cm³/mol. The van der Waals surface area contributed by atoms with Crippen LogP contribution in [-0.2, 0) is 0 Å². The third-order valence-corrected chi connectivity index (χ3v) is 17.1. The average Bonchev–Trinajstić information content (AvgIpc) is 3.27. The Kier molecular flexibility index (Phi) is 8.39. The van der Waals surface area contributed by atoms with E-state index in [0.29, 0.717) is 0 Å². The van der Waals surface area contributed by atoms with Crippen molar-refractivity contribution in [1.82, 2.24) is 0 Å². The maximum Gasteiger partial charge on any atom is -0.00593 e. The molecule has 0 unspecified atom stereocenters. The van der Waals surface area contributed by atoms with Crippen molar-refractivity contribution in [2.45, 2.75) is 130 Å². The lowest BCUT2D eigenvalue weighted by Gasteiger charge is -2.41. The van der Waals surface area contributed by atoms with E-state index in [1.165, 1.54) is 38.5 Å². The van der Waals surface area contributed by atoms with Crippen molar-refractivity contribution in [1.29, 1.82) is 0 Å². The molecule has 2 aliphatic heterocycles. The topological polar surface area (TPSA) is 0 Å². The number of rotatable bonds is 6. The Hall–Kier alpha value is 0.340. The minimum absolute atomic E-state index is 0.0149. The van der Waals surface area contributed by atoms with E-state index in [9.17, 15) is 0 Å². The molecule has 2 saturated heterocycles. The molecule has 4 atom stereocenters. The molecule has 0 bridgehead atoms. The molecule has 2 fully saturated rings. The molecule has 172 valence electrons. The Balaban J connectivity index is 2.14. The molecule has 3 aliphatic rings. The van der Waals surface area contributed by atoms with Crippen LogP contribution in [0.2, 0.25) is 0 Å². The fraction of sp³-hybridized carbons (Fsp3) is 0.857. The highest BCUT2D eigenvalue weighted by Crippen LogP contribution is 2.74. The number of hydrogen-bond donors (Lipinski definition) is 0. The Morgan fingerprint density at radius 1 is 0.500 bits per heavy atom. The summed E-state index contributed by atoms with van der Waals surface area (Å²) in [4.78, 5) is 0. The Morgan fingerprint density at radius 2 is 0.733 bits per heavy atom. The molecule has 0 aromatic rings.